The van der Waals surface area contributed by atoms with Crippen LogP contribution < -0.4 is 14.8 Å². The fourth-order valence-corrected chi connectivity index (χ4v) is 3.30. The number of ether oxygens (including phenoxy) is 2. The Balaban J connectivity index is 2.30. The summed E-state index contributed by atoms with van der Waals surface area (Å²) in [5.74, 6) is 1.89. The highest BCUT2D eigenvalue weighted by Gasteiger charge is 2.27. The van der Waals surface area contributed by atoms with E-state index in [1.165, 1.54) is 24.8 Å². The molecule has 0 aliphatic carbocycles. The number of piperazine rings is 1. The Morgan fingerprint density at radius 2 is 1.73 bits per heavy atom. The smallest absolute Gasteiger partial charge is 0.127 e. The highest BCUT2D eigenvalue weighted by atomic mass is 16.5. The number of hydrogen-bond acceptors (Lipinski definition) is 4. The van der Waals surface area contributed by atoms with E-state index in [1.807, 2.05) is 18.2 Å². The number of hydrogen-bond donors (Lipinski definition) is 1. The van der Waals surface area contributed by atoms with E-state index in [0.717, 1.165) is 44.1 Å². The summed E-state index contributed by atoms with van der Waals surface area (Å²) in [5, 5.41) is 3.44. The molecule has 4 heteroatoms. The fraction of sp³-hybridized carbons (Fsp3) is 0.667. The number of methoxy groups -OCH3 is 2. The van der Waals surface area contributed by atoms with Crippen LogP contribution in [0, 0.1) is 0 Å². The minimum absolute atomic E-state index is 0.375. The molecule has 0 amide bonds. The molecule has 0 aromatic heterocycles. The summed E-state index contributed by atoms with van der Waals surface area (Å²) in [6.07, 6.45) is 4.92. The molecule has 2 rings (SSSR count). The summed E-state index contributed by atoms with van der Waals surface area (Å²) >= 11 is 0. The van der Waals surface area contributed by atoms with E-state index in [-0.39, 0.29) is 0 Å². The molecule has 4 nitrogen and oxygen atoms in total. The monoisotopic (exact) mass is 306 g/mol. The molecule has 1 fully saturated rings. The average molecular weight is 306 g/mol. The van der Waals surface area contributed by atoms with Crippen molar-refractivity contribution in [3.8, 4) is 11.5 Å². The van der Waals surface area contributed by atoms with Crippen LogP contribution in [0.4, 0.5) is 0 Å². The Morgan fingerprint density at radius 1 is 1.09 bits per heavy atom. The van der Waals surface area contributed by atoms with E-state index in [9.17, 15) is 0 Å². The van der Waals surface area contributed by atoms with Gasteiger partial charge in [0.05, 0.1) is 19.8 Å². The molecule has 1 aromatic carbocycles. The lowest BCUT2D eigenvalue weighted by Crippen LogP contribution is -2.45. The quantitative estimate of drug-likeness (QED) is 0.748. The van der Waals surface area contributed by atoms with Crippen molar-refractivity contribution < 1.29 is 9.47 Å². The lowest BCUT2D eigenvalue weighted by molar-refractivity contribution is 0.157. The number of unbranched alkanes of at least 4 members (excludes halogenated alkanes) is 2. The van der Waals surface area contributed by atoms with E-state index < -0.39 is 0 Å². The van der Waals surface area contributed by atoms with Crippen molar-refractivity contribution in [3.63, 3.8) is 0 Å². The van der Waals surface area contributed by atoms with Crippen LogP contribution in [-0.2, 0) is 0 Å². The Hall–Kier alpha value is -1.26. The first kappa shape index (κ1) is 17.1. The normalized spacial score (nSPS) is 17.2. The molecule has 0 radical (unpaired) electrons. The minimum atomic E-state index is 0.375. The average Bonchev–Trinajstić information content (AvgIpc) is 2.59. The molecule has 1 aliphatic heterocycles. The van der Waals surface area contributed by atoms with Gasteiger partial charge in [0.2, 0.25) is 0 Å². The van der Waals surface area contributed by atoms with E-state index in [0.29, 0.717) is 6.04 Å². The van der Waals surface area contributed by atoms with Crippen LogP contribution in [0.15, 0.2) is 18.2 Å². The van der Waals surface area contributed by atoms with Crippen molar-refractivity contribution in [2.24, 2.45) is 0 Å². The molecular weight excluding hydrogens is 276 g/mol. The molecule has 22 heavy (non-hydrogen) atoms. The van der Waals surface area contributed by atoms with E-state index >= 15 is 0 Å². The van der Waals surface area contributed by atoms with Crippen LogP contribution in [0.1, 0.15) is 44.2 Å². The number of benzene rings is 1. The zero-order chi connectivity index (χ0) is 15.8. The van der Waals surface area contributed by atoms with E-state index in [1.54, 1.807) is 14.2 Å². The molecule has 1 N–H and O–H groups in total. The largest absolute Gasteiger partial charge is 0.496 e. The molecule has 0 bridgehead atoms. The van der Waals surface area contributed by atoms with Gasteiger partial charge in [-0.25, -0.2) is 0 Å². The second-order valence-corrected chi connectivity index (χ2v) is 5.87. The van der Waals surface area contributed by atoms with Crippen LogP contribution >= 0.6 is 0 Å². The van der Waals surface area contributed by atoms with Gasteiger partial charge in [-0.15, -0.1) is 0 Å². The first-order valence-corrected chi connectivity index (χ1v) is 8.47. The Kier molecular flexibility index (Phi) is 7.00. The van der Waals surface area contributed by atoms with Gasteiger partial charge in [-0.1, -0.05) is 32.3 Å². The van der Waals surface area contributed by atoms with Crippen LogP contribution in [-0.4, -0.2) is 45.3 Å². The van der Waals surface area contributed by atoms with Gasteiger partial charge >= 0.3 is 0 Å². The third-order valence-electron chi connectivity index (χ3n) is 4.47. The van der Waals surface area contributed by atoms with Crippen molar-refractivity contribution in [1.29, 1.82) is 0 Å². The summed E-state index contributed by atoms with van der Waals surface area (Å²) in [6.45, 7) is 6.53. The topological polar surface area (TPSA) is 33.7 Å². The zero-order valence-electron chi connectivity index (χ0n) is 14.2. The van der Waals surface area contributed by atoms with Crippen molar-refractivity contribution >= 4 is 0 Å². The lowest BCUT2D eigenvalue weighted by atomic mass is 9.96. The third kappa shape index (κ3) is 4.14. The molecule has 0 spiro atoms. The maximum Gasteiger partial charge on any atom is 0.127 e. The molecule has 1 aliphatic rings. The summed E-state index contributed by atoms with van der Waals surface area (Å²) in [6, 6.07) is 6.47. The second kappa shape index (κ2) is 9.01. The number of nitrogens with one attached hydrogen (secondary N) is 1. The van der Waals surface area contributed by atoms with Gasteiger partial charge in [-0.3, -0.25) is 4.90 Å². The van der Waals surface area contributed by atoms with Gasteiger partial charge in [-0.2, -0.15) is 0 Å². The maximum absolute atomic E-state index is 5.64. The molecule has 124 valence electrons. The van der Waals surface area contributed by atoms with Crippen molar-refractivity contribution in [2.45, 2.75) is 38.6 Å². The predicted octanol–water partition coefficient (Wildman–Crippen LogP) is 3.23. The van der Waals surface area contributed by atoms with Crippen LogP contribution in [0.2, 0.25) is 0 Å². The van der Waals surface area contributed by atoms with Crippen molar-refractivity contribution in [3.05, 3.63) is 23.8 Å². The molecule has 1 heterocycles. The fourth-order valence-electron chi connectivity index (χ4n) is 3.30. The zero-order valence-corrected chi connectivity index (χ0v) is 14.2. The SMILES string of the molecule is CCCCC[C@H](c1c(OC)cccc1OC)N1CCNCC1. The summed E-state index contributed by atoms with van der Waals surface area (Å²) in [4.78, 5) is 2.58. The van der Waals surface area contributed by atoms with Gasteiger partial charge in [0.15, 0.2) is 0 Å². The first-order valence-electron chi connectivity index (χ1n) is 8.47. The molecular formula is C18H30N2O2. The summed E-state index contributed by atoms with van der Waals surface area (Å²) in [7, 11) is 3.50. The van der Waals surface area contributed by atoms with Crippen LogP contribution in [0.25, 0.3) is 0 Å². The first-order chi connectivity index (χ1) is 10.8. The van der Waals surface area contributed by atoms with Crippen LogP contribution in [0.3, 0.4) is 0 Å². The highest BCUT2D eigenvalue weighted by Crippen LogP contribution is 2.39. The molecule has 0 saturated carbocycles. The molecule has 1 aromatic rings. The van der Waals surface area contributed by atoms with E-state index in [2.05, 4.69) is 17.1 Å². The van der Waals surface area contributed by atoms with Gasteiger partial charge in [0, 0.05) is 32.2 Å². The number of nitrogens with zero attached hydrogens (tertiary/aromatic N) is 1. The van der Waals surface area contributed by atoms with Crippen LogP contribution in [0.5, 0.6) is 11.5 Å². The van der Waals surface area contributed by atoms with Gasteiger partial charge in [0.25, 0.3) is 0 Å². The highest BCUT2D eigenvalue weighted by molar-refractivity contribution is 5.47. The number of rotatable bonds is 8. The van der Waals surface area contributed by atoms with E-state index in [4.69, 9.17) is 9.47 Å². The predicted molar refractivity (Wildman–Crippen MR) is 90.9 cm³/mol. The molecule has 1 saturated heterocycles. The Bertz CT molecular complexity index is 422. The van der Waals surface area contributed by atoms with Gasteiger partial charge < -0.3 is 14.8 Å². The van der Waals surface area contributed by atoms with Crippen molar-refractivity contribution in [1.82, 2.24) is 10.2 Å². The maximum atomic E-state index is 5.64. The lowest BCUT2D eigenvalue weighted by Gasteiger charge is -2.36. The third-order valence-corrected chi connectivity index (χ3v) is 4.47. The Labute approximate surface area is 134 Å². The summed E-state index contributed by atoms with van der Waals surface area (Å²) < 4.78 is 11.3. The summed E-state index contributed by atoms with van der Waals surface area (Å²) in [5.41, 5.74) is 1.21. The minimum Gasteiger partial charge on any atom is -0.496 e. The Morgan fingerprint density at radius 3 is 2.27 bits per heavy atom. The second-order valence-electron chi connectivity index (χ2n) is 5.87. The van der Waals surface area contributed by atoms with Gasteiger partial charge in [0.1, 0.15) is 11.5 Å². The molecule has 0 unspecified atom stereocenters. The molecule has 1 atom stereocenters. The van der Waals surface area contributed by atoms with Crippen molar-refractivity contribution in [2.75, 3.05) is 40.4 Å². The standard InChI is InChI=1S/C18H30N2O2/c1-4-5-6-8-15(20-13-11-19-12-14-20)18-16(21-2)9-7-10-17(18)22-3/h7,9-10,15,19H,4-6,8,11-14H2,1-3H3/t15-/m1/s1. The van der Waals surface area contributed by atoms with Gasteiger partial charge in [-0.05, 0) is 18.6 Å².